The van der Waals surface area contributed by atoms with Crippen LogP contribution in [-0.4, -0.2) is 38.3 Å². The van der Waals surface area contributed by atoms with E-state index < -0.39 is 0 Å². The number of hydrogen-bond acceptors (Lipinski definition) is 4. The molecular weight excluding hydrogens is 226 g/mol. The first-order chi connectivity index (χ1) is 8.81. The lowest BCUT2D eigenvalue weighted by molar-refractivity contribution is 0.205. The maximum Gasteiger partial charge on any atom is 0.129 e. The summed E-state index contributed by atoms with van der Waals surface area (Å²) in [6.07, 6.45) is 1.88. The number of methoxy groups -OCH3 is 1. The van der Waals surface area contributed by atoms with E-state index in [1.807, 2.05) is 24.3 Å². The topological polar surface area (TPSA) is 37.4 Å². The second kappa shape index (κ2) is 8.66. The molecule has 0 aliphatic carbocycles. The number of nitrogens with zero attached hydrogens (tertiary/aromatic N) is 2. The normalized spacial score (nSPS) is 10.3. The van der Waals surface area contributed by atoms with Crippen molar-refractivity contribution in [3.63, 3.8) is 0 Å². The van der Waals surface area contributed by atoms with E-state index >= 15 is 0 Å². The van der Waals surface area contributed by atoms with Gasteiger partial charge < -0.3 is 15.0 Å². The molecule has 4 heteroatoms. The molecule has 0 aliphatic heterocycles. The van der Waals surface area contributed by atoms with Gasteiger partial charge in [-0.3, -0.25) is 0 Å². The highest BCUT2D eigenvalue weighted by molar-refractivity contribution is 5.40. The van der Waals surface area contributed by atoms with Crippen LogP contribution < -0.4 is 10.2 Å². The molecule has 0 bridgehead atoms. The van der Waals surface area contributed by atoms with E-state index in [9.17, 15) is 0 Å². The van der Waals surface area contributed by atoms with Gasteiger partial charge in [0.2, 0.25) is 0 Å². The molecule has 1 aromatic heterocycles. The molecule has 0 spiro atoms. The Bertz CT molecular complexity index is 355. The summed E-state index contributed by atoms with van der Waals surface area (Å²) >= 11 is 0. The number of nitrogens with one attached hydrogen (secondary N) is 1. The standard InChI is InChI=1S/C14H23N3O/c1-4-9-17(10-11-18-3)14-8-6-7-13(16-14)12-15-5-2/h4,6-8,15H,1,5,9-12H2,2-3H3. The molecule has 100 valence electrons. The van der Waals surface area contributed by atoms with Crippen molar-refractivity contribution in [1.29, 1.82) is 0 Å². The fraction of sp³-hybridized carbons (Fsp3) is 0.500. The average molecular weight is 249 g/mol. The Labute approximate surface area is 110 Å². The second-order valence-electron chi connectivity index (χ2n) is 3.99. The van der Waals surface area contributed by atoms with E-state index in [-0.39, 0.29) is 0 Å². The Hall–Kier alpha value is -1.39. The van der Waals surface area contributed by atoms with E-state index in [2.05, 4.69) is 28.7 Å². The van der Waals surface area contributed by atoms with Gasteiger partial charge in [0.05, 0.1) is 12.3 Å². The summed E-state index contributed by atoms with van der Waals surface area (Å²) in [4.78, 5) is 6.80. The van der Waals surface area contributed by atoms with Crippen molar-refractivity contribution in [3.05, 3.63) is 36.5 Å². The lowest BCUT2D eigenvalue weighted by Gasteiger charge is -2.22. The minimum absolute atomic E-state index is 0.687. The molecule has 4 nitrogen and oxygen atoms in total. The van der Waals surface area contributed by atoms with Crippen molar-refractivity contribution in [2.45, 2.75) is 13.5 Å². The van der Waals surface area contributed by atoms with Gasteiger partial charge in [-0.05, 0) is 18.7 Å². The van der Waals surface area contributed by atoms with Crippen molar-refractivity contribution >= 4 is 5.82 Å². The second-order valence-corrected chi connectivity index (χ2v) is 3.99. The molecule has 0 unspecified atom stereocenters. The Balaban J connectivity index is 2.73. The molecular formula is C14H23N3O. The summed E-state index contributed by atoms with van der Waals surface area (Å²) in [5.74, 6) is 0.974. The first kappa shape index (κ1) is 14.7. The largest absolute Gasteiger partial charge is 0.383 e. The summed E-state index contributed by atoms with van der Waals surface area (Å²) in [6, 6.07) is 6.10. The fourth-order valence-corrected chi connectivity index (χ4v) is 1.65. The van der Waals surface area contributed by atoms with Gasteiger partial charge in [-0.25, -0.2) is 4.98 Å². The van der Waals surface area contributed by atoms with Crippen LogP contribution >= 0.6 is 0 Å². The van der Waals surface area contributed by atoms with Crippen LogP contribution in [0.2, 0.25) is 0 Å². The van der Waals surface area contributed by atoms with Crippen LogP contribution in [-0.2, 0) is 11.3 Å². The number of pyridine rings is 1. The summed E-state index contributed by atoms with van der Waals surface area (Å²) in [5.41, 5.74) is 1.06. The Morgan fingerprint density at radius 1 is 1.50 bits per heavy atom. The minimum atomic E-state index is 0.687. The first-order valence-electron chi connectivity index (χ1n) is 6.33. The van der Waals surface area contributed by atoms with Crippen LogP contribution in [0.25, 0.3) is 0 Å². The van der Waals surface area contributed by atoms with Gasteiger partial charge in [0.15, 0.2) is 0 Å². The quantitative estimate of drug-likeness (QED) is 0.678. The van der Waals surface area contributed by atoms with Crippen LogP contribution in [0.1, 0.15) is 12.6 Å². The molecule has 0 saturated carbocycles. The minimum Gasteiger partial charge on any atom is -0.383 e. The maximum absolute atomic E-state index is 5.12. The van der Waals surface area contributed by atoms with Crippen LogP contribution in [0.15, 0.2) is 30.9 Å². The fourth-order valence-electron chi connectivity index (χ4n) is 1.65. The number of anilines is 1. The van der Waals surface area contributed by atoms with Gasteiger partial charge in [-0.1, -0.05) is 19.1 Å². The van der Waals surface area contributed by atoms with Crippen LogP contribution in [0, 0.1) is 0 Å². The highest BCUT2D eigenvalue weighted by Crippen LogP contribution is 2.11. The molecule has 1 heterocycles. The third-order valence-corrected chi connectivity index (χ3v) is 2.59. The van der Waals surface area contributed by atoms with E-state index in [4.69, 9.17) is 4.74 Å². The summed E-state index contributed by atoms with van der Waals surface area (Å²) in [7, 11) is 1.71. The summed E-state index contributed by atoms with van der Waals surface area (Å²) < 4.78 is 5.12. The lowest BCUT2D eigenvalue weighted by Crippen LogP contribution is -2.28. The molecule has 0 radical (unpaired) electrons. The predicted molar refractivity (Wildman–Crippen MR) is 75.9 cm³/mol. The van der Waals surface area contributed by atoms with Crippen molar-refractivity contribution < 1.29 is 4.74 Å². The van der Waals surface area contributed by atoms with Crippen molar-refractivity contribution in [2.75, 3.05) is 38.3 Å². The van der Waals surface area contributed by atoms with Gasteiger partial charge in [0.1, 0.15) is 5.82 Å². The van der Waals surface area contributed by atoms with Crippen molar-refractivity contribution in [1.82, 2.24) is 10.3 Å². The van der Waals surface area contributed by atoms with Crippen LogP contribution in [0.5, 0.6) is 0 Å². The van der Waals surface area contributed by atoms with E-state index in [1.165, 1.54) is 0 Å². The smallest absolute Gasteiger partial charge is 0.129 e. The van der Waals surface area contributed by atoms with Gasteiger partial charge in [-0.2, -0.15) is 0 Å². The molecule has 0 aliphatic rings. The zero-order chi connectivity index (χ0) is 13.2. The van der Waals surface area contributed by atoms with Crippen LogP contribution in [0.3, 0.4) is 0 Å². The summed E-state index contributed by atoms with van der Waals surface area (Å²) in [6.45, 7) is 9.91. The van der Waals surface area contributed by atoms with Gasteiger partial charge >= 0.3 is 0 Å². The Kier molecular flexibility index (Phi) is 7.06. The highest BCUT2D eigenvalue weighted by atomic mass is 16.5. The van der Waals surface area contributed by atoms with E-state index in [0.29, 0.717) is 6.61 Å². The molecule has 0 amide bonds. The van der Waals surface area contributed by atoms with E-state index in [0.717, 1.165) is 37.7 Å². The average Bonchev–Trinajstić information content (AvgIpc) is 2.41. The molecule has 0 aromatic carbocycles. The number of ether oxygens (including phenoxy) is 1. The van der Waals surface area contributed by atoms with Gasteiger partial charge in [0.25, 0.3) is 0 Å². The Morgan fingerprint density at radius 2 is 2.33 bits per heavy atom. The van der Waals surface area contributed by atoms with Crippen molar-refractivity contribution in [2.24, 2.45) is 0 Å². The van der Waals surface area contributed by atoms with Crippen LogP contribution in [0.4, 0.5) is 5.82 Å². The molecule has 0 fully saturated rings. The zero-order valence-corrected chi connectivity index (χ0v) is 11.4. The number of rotatable bonds is 9. The van der Waals surface area contributed by atoms with E-state index in [1.54, 1.807) is 7.11 Å². The monoisotopic (exact) mass is 249 g/mol. The van der Waals surface area contributed by atoms with Gasteiger partial charge in [-0.15, -0.1) is 6.58 Å². The maximum atomic E-state index is 5.12. The molecule has 0 atom stereocenters. The molecule has 1 rings (SSSR count). The predicted octanol–water partition coefficient (Wildman–Crippen LogP) is 1.83. The lowest BCUT2D eigenvalue weighted by atomic mass is 10.3. The molecule has 18 heavy (non-hydrogen) atoms. The third-order valence-electron chi connectivity index (χ3n) is 2.59. The number of aromatic nitrogens is 1. The van der Waals surface area contributed by atoms with Crippen molar-refractivity contribution in [3.8, 4) is 0 Å². The highest BCUT2D eigenvalue weighted by Gasteiger charge is 2.06. The third kappa shape index (κ3) is 4.85. The molecule has 1 N–H and O–H groups in total. The van der Waals surface area contributed by atoms with Gasteiger partial charge in [0, 0.05) is 26.7 Å². The molecule has 0 saturated heterocycles. The Morgan fingerprint density at radius 3 is 3.00 bits per heavy atom. The zero-order valence-electron chi connectivity index (χ0n) is 11.4. The summed E-state index contributed by atoms with van der Waals surface area (Å²) in [5, 5.41) is 3.28. The first-order valence-corrected chi connectivity index (χ1v) is 6.33. The SMILES string of the molecule is C=CCN(CCOC)c1cccc(CNCC)n1. The number of hydrogen-bond donors (Lipinski definition) is 1. The molecule has 1 aromatic rings.